The number of amides is 2. The van der Waals surface area contributed by atoms with Crippen LogP contribution in [0.3, 0.4) is 0 Å². The first-order chi connectivity index (χ1) is 14.2. The van der Waals surface area contributed by atoms with Gasteiger partial charge < -0.3 is 9.88 Å². The van der Waals surface area contributed by atoms with E-state index in [1.807, 2.05) is 6.92 Å². The van der Waals surface area contributed by atoms with Crippen LogP contribution in [0.1, 0.15) is 56.5 Å². The number of aromatic nitrogens is 2. The number of carbonyl (C=O) groups excluding carboxylic acids is 2. The van der Waals surface area contributed by atoms with Gasteiger partial charge in [0.25, 0.3) is 0 Å². The molecule has 0 unspecified atom stereocenters. The molecule has 10 heteroatoms. The van der Waals surface area contributed by atoms with E-state index in [4.69, 9.17) is 0 Å². The molecule has 2 atom stereocenters. The Hall–Kier alpha value is -2.62. The lowest BCUT2D eigenvalue weighted by Crippen LogP contribution is -2.40. The number of carbonyl (C=O) groups is 2. The number of alkyl halides is 3. The first-order valence-electron chi connectivity index (χ1n) is 10.0. The van der Waals surface area contributed by atoms with Crippen molar-refractivity contribution in [3.8, 4) is 0 Å². The summed E-state index contributed by atoms with van der Waals surface area (Å²) in [6.45, 7) is 2.38. The van der Waals surface area contributed by atoms with Crippen LogP contribution in [0.2, 0.25) is 0 Å². The van der Waals surface area contributed by atoms with Crippen molar-refractivity contribution in [3.05, 3.63) is 29.6 Å². The van der Waals surface area contributed by atoms with Gasteiger partial charge in [0.1, 0.15) is 5.82 Å². The summed E-state index contributed by atoms with van der Waals surface area (Å²) < 4.78 is 38.9. The molecule has 1 aliphatic rings. The average molecular weight is 426 g/mol. The molecule has 1 saturated heterocycles. The lowest BCUT2D eigenvalue weighted by molar-refractivity contribution is -0.157. The van der Waals surface area contributed by atoms with Crippen molar-refractivity contribution in [2.45, 2.75) is 51.2 Å². The van der Waals surface area contributed by atoms with Crippen molar-refractivity contribution in [1.82, 2.24) is 19.9 Å². The number of H-pyrrole nitrogens is 1. The molecule has 2 aromatic rings. The molecule has 164 valence electrons. The van der Waals surface area contributed by atoms with E-state index in [1.165, 1.54) is 6.07 Å². The quantitative estimate of drug-likeness (QED) is 0.381. The smallest absolute Gasteiger partial charge is 0.340 e. The summed E-state index contributed by atoms with van der Waals surface area (Å²) in [6.07, 6.45) is -0.655. The van der Waals surface area contributed by atoms with E-state index in [2.05, 4.69) is 9.97 Å². The zero-order chi connectivity index (χ0) is 21.9. The van der Waals surface area contributed by atoms with Crippen molar-refractivity contribution >= 4 is 23.4 Å². The van der Waals surface area contributed by atoms with Crippen LogP contribution >= 0.6 is 0 Å². The summed E-state index contributed by atoms with van der Waals surface area (Å²) in [5.41, 5.74) is -0.101. The van der Waals surface area contributed by atoms with Crippen molar-refractivity contribution in [3.63, 3.8) is 0 Å². The van der Waals surface area contributed by atoms with Gasteiger partial charge in [0, 0.05) is 6.54 Å². The fraction of sp³-hybridized carbons (Fsp3) is 0.550. The SMILES string of the molecule is CCCC[C@H](CN(O)C=O)C(=O)N1CCC[C@H]1c1nc2cc(C(F)(F)F)ccc2[nH]1. The van der Waals surface area contributed by atoms with Crippen LogP contribution in [-0.2, 0) is 15.8 Å². The van der Waals surface area contributed by atoms with Crippen LogP contribution in [0.15, 0.2) is 18.2 Å². The van der Waals surface area contributed by atoms with E-state index >= 15 is 0 Å². The van der Waals surface area contributed by atoms with Gasteiger partial charge in [0.05, 0.1) is 35.1 Å². The molecule has 1 aliphatic heterocycles. The summed E-state index contributed by atoms with van der Waals surface area (Å²) in [5.74, 6) is -0.300. The Kier molecular flexibility index (Phi) is 6.64. The third kappa shape index (κ3) is 4.75. The maximum Gasteiger partial charge on any atom is 0.416 e. The molecule has 0 spiro atoms. The number of hydrogen-bond acceptors (Lipinski definition) is 4. The number of imidazole rings is 1. The summed E-state index contributed by atoms with van der Waals surface area (Å²) >= 11 is 0. The summed E-state index contributed by atoms with van der Waals surface area (Å²) in [6, 6.07) is 2.95. The Bertz CT molecular complexity index is 899. The molecular formula is C20H25F3N4O3. The summed E-state index contributed by atoms with van der Waals surface area (Å²) in [7, 11) is 0. The second kappa shape index (κ2) is 9.03. The first kappa shape index (κ1) is 22.1. The molecule has 2 amide bonds. The number of halogens is 3. The van der Waals surface area contributed by atoms with E-state index in [-0.39, 0.29) is 30.4 Å². The van der Waals surface area contributed by atoms with Crippen LogP contribution in [0.5, 0.6) is 0 Å². The molecule has 7 nitrogen and oxygen atoms in total. The molecule has 2 heterocycles. The van der Waals surface area contributed by atoms with Gasteiger partial charge in [-0.25, -0.2) is 10.0 Å². The number of nitrogens with one attached hydrogen (secondary N) is 1. The number of hydrogen-bond donors (Lipinski definition) is 2. The Balaban J connectivity index is 1.84. The topological polar surface area (TPSA) is 89.5 Å². The molecule has 0 radical (unpaired) electrons. The third-order valence-electron chi connectivity index (χ3n) is 5.46. The minimum atomic E-state index is -4.45. The maximum absolute atomic E-state index is 13.2. The van der Waals surface area contributed by atoms with Gasteiger partial charge in [-0.3, -0.25) is 14.8 Å². The van der Waals surface area contributed by atoms with Crippen molar-refractivity contribution in [2.24, 2.45) is 5.92 Å². The predicted octanol–water partition coefficient (Wildman–Crippen LogP) is 3.90. The highest BCUT2D eigenvalue weighted by atomic mass is 19.4. The van der Waals surface area contributed by atoms with Crippen LogP contribution in [-0.4, -0.2) is 50.5 Å². The largest absolute Gasteiger partial charge is 0.416 e. The van der Waals surface area contributed by atoms with E-state index in [1.54, 1.807) is 4.90 Å². The van der Waals surface area contributed by atoms with Crippen molar-refractivity contribution in [2.75, 3.05) is 13.1 Å². The molecule has 1 fully saturated rings. The van der Waals surface area contributed by atoms with Gasteiger partial charge in [-0.2, -0.15) is 13.2 Å². The van der Waals surface area contributed by atoms with Crippen LogP contribution < -0.4 is 0 Å². The third-order valence-corrected chi connectivity index (χ3v) is 5.46. The van der Waals surface area contributed by atoms with Gasteiger partial charge in [-0.05, 0) is 37.5 Å². The van der Waals surface area contributed by atoms with Gasteiger partial charge in [-0.15, -0.1) is 0 Å². The number of unbranched alkanes of at least 4 members (excludes halogenated alkanes) is 1. The van der Waals surface area contributed by atoms with Gasteiger partial charge in [0.15, 0.2) is 0 Å². The van der Waals surface area contributed by atoms with Crippen LogP contribution in [0, 0.1) is 5.92 Å². The van der Waals surface area contributed by atoms with E-state index < -0.39 is 17.7 Å². The highest BCUT2D eigenvalue weighted by Gasteiger charge is 2.36. The average Bonchev–Trinajstić information content (AvgIpc) is 3.35. The number of aromatic amines is 1. The number of rotatable bonds is 8. The highest BCUT2D eigenvalue weighted by Crippen LogP contribution is 2.35. The zero-order valence-electron chi connectivity index (χ0n) is 16.7. The van der Waals surface area contributed by atoms with E-state index in [9.17, 15) is 28.0 Å². The van der Waals surface area contributed by atoms with E-state index in [0.717, 1.165) is 31.4 Å². The lowest BCUT2D eigenvalue weighted by Gasteiger charge is -2.29. The van der Waals surface area contributed by atoms with Crippen molar-refractivity contribution < 1.29 is 28.0 Å². The highest BCUT2D eigenvalue weighted by molar-refractivity contribution is 5.80. The molecule has 1 aromatic carbocycles. The Labute approximate surface area is 171 Å². The number of nitrogens with zero attached hydrogens (tertiary/aromatic N) is 3. The number of fused-ring (bicyclic) bond motifs is 1. The molecule has 1 aromatic heterocycles. The van der Waals surface area contributed by atoms with Crippen LogP contribution in [0.4, 0.5) is 13.2 Å². The molecular weight excluding hydrogens is 401 g/mol. The maximum atomic E-state index is 13.2. The molecule has 0 aliphatic carbocycles. The Morgan fingerprint density at radius 2 is 2.23 bits per heavy atom. The fourth-order valence-corrected chi connectivity index (χ4v) is 3.92. The number of benzene rings is 1. The number of hydroxylamine groups is 2. The summed E-state index contributed by atoms with van der Waals surface area (Å²) in [4.78, 5) is 33.0. The van der Waals surface area contributed by atoms with Crippen LogP contribution in [0.25, 0.3) is 11.0 Å². The number of likely N-dealkylation sites (tertiary alicyclic amines) is 1. The first-order valence-corrected chi connectivity index (χ1v) is 10.0. The minimum Gasteiger partial charge on any atom is -0.340 e. The Morgan fingerprint density at radius 3 is 2.90 bits per heavy atom. The van der Waals surface area contributed by atoms with E-state index in [0.29, 0.717) is 35.8 Å². The van der Waals surface area contributed by atoms with Gasteiger partial charge in [0.2, 0.25) is 12.3 Å². The molecule has 3 rings (SSSR count). The summed E-state index contributed by atoms with van der Waals surface area (Å²) in [5, 5.41) is 10.0. The lowest BCUT2D eigenvalue weighted by atomic mass is 9.99. The predicted molar refractivity (Wildman–Crippen MR) is 102 cm³/mol. The molecule has 2 N–H and O–H groups in total. The van der Waals surface area contributed by atoms with Gasteiger partial charge in [-0.1, -0.05) is 19.8 Å². The van der Waals surface area contributed by atoms with Crippen molar-refractivity contribution in [1.29, 1.82) is 0 Å². The second-order valence-corrected chi connectivity index (χ2v) is 7.61. The normalized spacial score (nSPS) is 18.0. The molecule has 30 heavy (non-hydrogen) atoms. The Morgan fingerprint density at radius 1 is 1.47 bits per heavy atom. The fourth-order valence-electron chi connectivity index (χ4n) is 3.92. The molecule has 0 bridgehead atoms. The van der Waals surface area contributed by atoms with Gasteiger partial charge >= 0.3 is 6.18 Å². The minimum absolute atomic E-state index is 0.0966. The standard InChI is InChI=1S/C20H25F3N4O3/c1-2-3-5-13(11-26(30)12-28)19(29)27-9-4-6-17(27)18-24-15-8-7-14(20(21,22)23)10-16(15)25-18/h7-8,10,12-13,17,30H,2-6,9,11H2,1H3,(H,24,25)/t13-,17+/m1/s1. The zero-order valence-corrected chi connectivity index (χ0v) is 16.7. The monoisotopic (exact) mass is 426 g/mol. The second-order valence-electron chi connectivity index (χ2n) is 7.61. The molecule has 0 saturated carbocycles.